The van der Waals surface area contributed by atoms with Crippen LogP contribution in [-0.2, 0) is 11.3 Å². The Bertz CT molecular complexity index is 786. The zero-order chi connectivity index (χ0) is 19.9. The number of nitrogens with one attached hydrogen (secondary N) is 2. The molecular formula is C21H34N6O. The fourth-order valence-electron chi connectivity index (χ4n) is 3.90. The number of rotatable bonds is 7. The van der Waals surface area contributed by atoms with Crippen molar-refractivity contribution in [1.82, 2.24) is 25.1 Å². The van der Waals surface area contributed by atoms with E-state index in [1.807, 2.05) is 13.1 Å². The number of hydrogen-bond donors (Lipinski definition) is 2. The molecule has 2 N–H and O–H groups in total. The maximum Gasteiger partial charge on any atom is 0.191 e. The Morgan fingerprint density at radius 1 is 1.36 bits per heavy atom. The molecule has 28 heavy (non-hydrogen) atoms. The summed E-state index contributed by atoms with van der Waals surface area (Å²) in [6.07, 6.45) is 1.01. The van der Waals surface area contributed by atoms with Crippen LogP contribution in [0.1, 0.15) is 26.1 Å². The topological polar surface area (TPSA) is 66.7 Å². The van der Waals surface area contributed by atoms with E-state index in [-0.39, 0.29) is 0 Å². The number of para-hydroxylation sites is 2. The van der Waals surface area contributed by atoms with Gasteiger partial charge in [0.1, 0.15) is 5.82 Å². The monoisotopic (exact) mass is 386 g/mol. The SMILES string of the molecule is CN=C(NCCCn1c(C)nc2ccccc21)NCC(C)N1CCOCC1C. The first-order chi connectivity index (χ1) is 13.6. The lowest BCUT2D eigenvalue weighted by Crippen LogP contribution is -2.53. The van der Waals surface area contributed by atoms with E-state index in [9.17, 15) is 0 Å². The number of ether oxygens (including phenoxy) is 1. The van der Waals surface area contributed by atoms with Crippen LogP contribution < -0.4 is 10.6 Å². The maximum absolute atomic E-state index is 5.54. The van der Waals surface area contributed by atoms with Gasteiger partial charge in [-0.15, -0.1) is 0 Å². The molecule has 7 nitrogen and oxygen atoms in total. The van der Waals surface area contributed by atoms with Crippen molar-refractivity contribution in [1.29, 1.82) is 0 Å². The van der Waals surface area contributed by atoms with Crippen LogP contribution in [0.15, 0.2) is 29.3 Å². The lowest BCUT2D eigenvalue weighted by molar-refractivity contribution is -0.0174. The van der Waals surface area contributed by atoms with Crippen molar-refractivity contribution >= 4 is 17.0 Å². The number of guanidine groups is 1. The number of benzene rings is 1. The van der Waals surface area contributed by atoms with Gasteiger partial charge >= 0.3 is 0 Å². The molecule has 2 aromatic rings. The molecule has 1 aromatic heterocycles. The van der Waals surface area contributed by atoms with Crippen LogP contribution in [0.5, 0.6) is 0 Å². The zero-order valence-electron chi connectivity index (χ0n) is 17.6. The molecule has 2 unspecified atom stereocenters. The smallest absolute Gasteiger partial charge is 0.191 e. The molecule has 0 saturated carbocycles. The van der Waals surface area contributed by atoms with E-state index in [4.69, 9.17) is 4.74 Å². The molecule has 7 heteroatoms. The first-order valence-corrected chi connectivity index (χ1v) is 10.3. The van der Waals surface area contributed by atoms with E-state index in [1.54, 1.807) is 0 Å². The first-order valence-electron chi connectivity index (χ1n) is 10.3. The molecular weight excluding hydrogens is 352 g/mol. The summed E-state index contributed by atoms with van der Waals surface area (Å²) in [7, 11) is 1.82. The van der Waals surface area contributed by atoms with Gasteiger partial charge in [-0.2, -0.15) is 0 Å². The third kappa shape index (κ3) is 5.02. The molecule has 2 heterocycles. The fraction of sp³-hybridized carbons (Fsp3) is 0.619. The second-order valence-corrected chi connectivity index (χ2v) is 7.54. The summed E-state index contributed by atoms with van der Waals surface area (Å²) in [5.41, 5.74) is 2.27. The van der Waals surface area contributed by atoms with E-state index >= 15 is 0 Å². The maximum atomic E-state index is 5.54. The van der Waals surface area contributed by atoms with Crippen molar-refractivity contribution < 1.29 is 4.74 Å². The van der Waals surface area contributed by atoms with E-state index in [1.165, 1.54) is 5.52 Å². The molecule has 0 spiro atoms. The van der Waals surface area contributed by atoms with Gasteiger partial charge < -0.3 is 19.9 Å². The summed E-state index contributed by atoms with van der Waals surface area (Å²) in [5.74, 6) is 1.93. The van der Waals surface area contributed by atoms with Crippen molar-refractivity contribution in [2.45, 2.75) is 45.8 Å². The van der Waals surface area contributed by atoms with Crippen LogP contribution in [0, 0.1) is 6.92 Å². The number of fused-ring (bicyclic) bond motifs is 1. The van der Waals surface area contributed by atoms with Gasteiger partial charge in [0.05, 0.1) is 24.2 Å². The second kappa shape index (κ2) is 9.89. The summed E-state index contributed by atoms with van der Waals surface area (Å²) in [6, 6.07) is 9.22. The normalized spacial score (nSPS) is 19.7. The average Bonchev–Trinajstić information content (AvgIpc) is 3.02. The molecule has 0 radical (unpaired) electrons. The van der Waals surface area contributed by atoms with Crippen molar-refractivity contribution in [3.05, 3.63) is 30.1 Å². The van der Waals surface area contributed by atoms with Crippen LogP contribution in [-0.4, -0.2) is 72.4 Å². The minimum atomic E-state index is 0.442. The van der Waals surface area contributed by atoms with Gasteiger partial charge in [-0.05, 0) is 39.3 Å². The van der Waals surface area contributed by atoms with Crippen molar-refractivity contribution in [3.63, 3.8) is 0 Å². The number of aryl methyl sites for hydroxylation is 2. The van der Waals surface area contributed by atoms with Crippen LogP contribution in [0.4, 0.5) is 0 Å². The number of aromatic nitrogens is 2. The number of hydrogen-bond acceptors (Lipinski definition) is 4. The van der Waals surface area contributed by atoms with Crippen LogP contribution in [0.2, 0.25) is 0 Å². The van der Waals surface area contributed by atoms with Gasteiger partial charge in [-0.1, -0.05) is 12.1 Å². The largest absolute Gasteiger partial charge is 0.379 e. The molecule has 1 aromatic carbocycles. The Morgan fingerprint density at radius 3 is 2.96 bits per heavy atom. The summed E-state index contributed by atoms with van der Waals surface area (Å²) >= 11 is 0. The van der Waals surface area contributed by atoms with E-state index in [2.05, 4.69) is 69.0 Å². The number of aliphatic imine (C=N–C) groups is 1. The Labute approximate surface area is 168 Å². The summed E-state index contributed by atoms with van der Waals surface area (Å²) in [6.45, 7) is 11.9. The van der Waals surface area contributed by atoms with Crippen LogP contribution in [0.25, 0.3) is 11.0 Å². The number of morpholine rings is 1. The lowest BCUT2D eigenvalue weighted by atomic mass is 10.2. The zero-order valence-corrected chi connectivity index (χ0v) is 17.6. The molecule has 154 valence electrons. The standard InChI is InChI=1S/C21H34N6O/c1-16(26-12-13-28-15-17(26)2)14-24-21(22-4)23-10-7-11-27-18(3)25-19-8-5-6-9-20(19)27/h5-6,8-9,16-17H,7,10-15H2,1-4H3,(H2,22,23,24). The van der Waals surface area contributed by atoms with Crippen molar-refractivity contribution in [2.75, 3.05) is 39.9 Å². The minimum Gasteiger partial charge on any atom is -0.379 e. The number of imidazole rings is 1. The third-order valence-electron chi connectivity index (χ3n) is 5.47. The highest BCUT2D eigenvalue weighted by atomic mass is 16.5. The highest BCUT2D eigenvalue weighted by molar-refractivity contribution is 5.79. The Hall–Kier alpha value is -2.12. The average molecular weight is 387 g/mol. The van der Waals surface area contributed by atoms with Crippen molar-refractivity contribution in [3.8, 4) is 0 Å². The van der Waals surface area contributed by atoms with E-state index < -0.39 is 0 Å². The molecule has 2 atom stereocenters. The van der Waals surface area contributed by atoms with Crippen LogP contribution >= 0.6 is 0 Å². The quantitative estimate of drug-likeness (QED) is 0.433. The van der Waals surface area contributed by atoms with Crippen molar-refractivity contribution in [2.24, 2.45) is 4.99 Å². The Morgan fingerprint density at radius 2 is 2.18 bits per heavy atom. The second-order valence-electron chi connectivity index (χ2n) is 7.54. The molecule has 0 bridgehead atoms. The van der Waals surface area contributed by atoms with Gasteiger partial charge in [-0.25, -0.2) is 4.98 Å². The third-order valence-corrected chi connectivity index (χ3v) is 5.47. The first kappa shape index (κ1) is 20.6. The minimum absolute atomic E-state index is 0.442. The summed E-state index contributed by atoms with van der Waals surface area (Å²) in [5, 5.41) is 6.89. The molecule has 1 fully saturated rings. The number of nitrogens with zero attached hydrogens (tertiary/aromatic N) is 4. The van der Waals surface area contributed by atoms with E-state index in [0.717, 1.165) is 63.1 Å². The predicted octanol–water partition coefficient (Wildman–Crippen LogP) is 2.01. The Balaban J connectivity index is 1.42. The predicted molar refractivity (Wildman–Crippen MR) is 115 cm³/mol. The van der Waals surface area contributed by atoms with Gasteiger partial charge in [0, 0.05) is 45.3 Å². The van der Waals surface area contributed by atoms with Gasteiger partial charge in [-0.3, -0.25) is 9.89 Å². The van der Waals surface area contributed by atoms with Gasteiger partial charge in [0.2, 0.25) is 0 Å². The Kier molecular flexibility index (Phi) is 7.28. The lowest BCUT2D eigenvalue weighted by Gasteiger charge is -2.38. The summed E-state index contributed by atoms with van der Waals surface area (Å²) < 4.78 is 7.82. The van der Waals surface area contributed by atoms with Crippen LogP contribution in [0.3, 0.4) is 0 Å². The molecule has 1 saturated heterocycles. The molecule has 3 rings (SSSR count). The highest BCUT2D eigenvalue weighted by Crippen LogP contribution is 2.15. The molecule has 1 aliphatic rings. The molecule has 0 amide bonds. The van der Waals surface area contributed by atoms with Gasteiger partial charge in [0.15, 0.2) is 5.96 Å². The molecule has 1 aliphatic heterocycles. The van der Waals surface area contributed by atoms with Gasteiger partial charge in [0.25, 0.3) is 0 Å². The highest BCUT2D eigenvalue weighted by Gasteiger charge is 2.23. The fourth-order valence-corrected chi connectivity index (χ4v) is 3.90. The van der Waals surface area contributed by atoms with E-state index in [0.29, 0.717) is 12.1 Å². The summed E-state index contributed by atoms with van der Waals surface area (Å²) in [4.78, 5) is 11.5. The molecule has 0 aliphatic carbocycles.